The summed E-state index contributed by atoms with van der Waals surface area (Å²) < 4.78 is 0. The highest BCUT2D eigenvalue weighted by Crippen LogP contribution is 2.25. The number of hydrogen-bond acceptors (Lipinski definition) is 5. The Kier molecular flexibility index (Phi) is 3.83. The average molecular weight is 306 g/mol. The molecule has 1 unspecified atom stereocenters. The fourth-order valence-electron chi connectivity index (χ4n) is 2.36. The Bertz CT molecular complexity index is 590. The Labute approximate surface area is 125 Å². The van der Waals surface area contributed by atoms with Crippen LogP contribution < -0.4 is 0 Å². The minimum atomic E-state index is -0.976. The number of oxime groups is 1. The van der Waals surface area contributed by atoms with E-state index < -0.39 is 18.1 Å². The molecule has 1 aromatic carbocycles. The van der Waals surface area contributed by atoms with Crippen molar-refractivity contribution in [3.05, 3.63) is 35.9 Å². The molecule has 0 aromatic heterocycles. The lowest BCUT2D eigenvalue weighted by atomic mass is 10.0. The Morgan fingerprint density at radius 2 is 2.10 bits per heavy atom. The number of benzene rings is 1. The molecular weight excluding hydrogens is 292 g/mol. The zero-order chi connectivity index (χ0) is 14.8. The quantitative estimate of drug-likeness (QED) is 0.906. The van der Waals surface area contributed by atoms with Gasteiger partial charge in [0.15, 0.2) is 0 Å². The van der Waals surface area contributed by atoms with E-state index in [1.54, 1.807) is 0 Å². The highest BCUT2D eigenvalue weighted by atomic mass is 32.2. The molecule has 2 heterocycles. The molecule has 2 aliphatic rings. The number of amides is 1. The molecule has 1 aromatic rings. The number of carboxylic acids is 1. The van der Waals surface area contributed by atoms with Gasteiger partial charge in [-0.05, 0) is 5.56 Å². The maximum absolute atomic E-state index is 12.4. The van der Waals surface area contributed by atoms with Gasteiger partial charge >= 0.3 is 5.97 Å². The van der Waals surface area contributed by atoms with Gasteiger partial charge in [0.1, 0.15) is 6.04 Å². The summed E-state index contributed by atoms with van der Waals surface area (Å²) in [5.41, 5.74) is 1.63. The van der Waals surface area contributed by atoms with Crippen molar-refractivity contribution in [3.63, 3.8) is 0 Å². The predicted octanol–water partition coefficient (Wildman–Crippen LogP) is 1.17. The van der Waals surface area contributed by atoms with E-state index in [1.807, 2.05) is 30.3 Å². The van der Waals surface area contributed by atoms with Gasteiger partial charge in [-0.2, -0.15) is 0 Å². The van der Waals surface area contributed by atoms with Crippen LogP contribution in [0.4, 0.5) is 0 Å². The molecule has 0 spiro atoms. The van der Waals surface area contributed by atoms with Crippen LogP contribution in [-0.4, -0.2) is 51.4 Å². The molecule has 2 atom stereocenters. The standard InChI is InChI=1S/C14H14N2O4S/c17-13(16-8-21-7-11(16)14(18)19)12-6-10(15-20-12)9-4-2-1-3-5-9/h1-5,11-12H,6-8H2,(H,18,19)/t11-,12?/m0/s1. The fourth-order valence-corrected chi connectivity index (χ4v) is 3.52. The van der Waals surface area contributed by atoms with E-state index in [-0.39, 0.29) is 5.91 Å². The van der Waals surface area contributed by atoms with E-state index in [9.17, 15) is 9.59 Å². The van der Waals surface area contributed by atoms with Gasteiger partial charge in [-0.25, -0.2) is 4.79 Å². The van der Waals surface area contributed by atoms with Crippen molar-refractivity contribution in [2.24, 2.45) is 5.16 Å². The Morgan fingerprint density at radius 3 is 2.81 bits per heavy atom. The molecule has 6 nitrogen and oxygen atoms in total. The van der Waals surface area contributed by atoms with Crippen LogP contribution in [-0.2, 0) is 14.4 Å². The van der Waals surface area contributed by atoms with Crippen LogP contribution in [0.25, 0.3) is 0 Å². The molecular formula is C14H14N2O4S. The van der Waals surface area contributed by atoms with Gasteiger partial charge in [0, 0.05) is 12.2 Å². The van der Waals surface area contributed by atoms with Crippen LogP contribution in [0.1, 0.15) is 12.0 Å². The summed E-state index contributed by atoms with van der Waals surface area (Å²) in [5, 5.41) is 13.1. The van der Waals surface area contributed by atoms with E-state index in [0.29, 0.717) is 23.8 Å². The zero-order valence-corrected chi connectivity index (χ0v) is 12.0. The number of carbonyl (C=O) groups is 2. The van der Waals surface area contributed by atoms with Gasteiger partial charge in [-0.3, -0.25) is 4.79 Å². The molecule has 21 heavy (non-hydrogen) atoms. The number of hydrogen-bond donors (Lipinski definition) is 1. The van der Waals surface area contributed by atoms with Gasteiger partial charge < -0.3 is 14.8 Å². The predicted molar refractivity (Wildman–Crippen MR) is 78.1 cm³/mol. The van der Waals surface area contributed by atoms with Crippen molar-refractivity contribution in [3.8, 4) is 0 Å². The number of thioether (sulfide) groups is 1. The van der Waals surface area contributed by atoms with Crippen molar-refractivity contribution in [2.75, 3.05) is 11.6 Å². The van der Waals surface area contributed by atoms with E-state index in [1.165, 1.54) is 16.7 Å². The smallest absolute Gasteiger partial charge is 0.327 e. The molecule has 7 heteroatoms. The lowest BCUT2D eigenvalue weighted by Gasteiger charge is -2.22. The van der Waals surface area contributed by atoms with Gasteiger partial charge in [-0.1, -0.05) is 35.5 Å². The van der Waals surface area contributed by atoms with Crippen LogP contribution in [0.3, 0.4) is 0 Å². The third-order valence-corrected chi connectivity index (χ3v) is 4.51. The molecule has 1 amide bonds. The summed E-state index contributed by atoms with van der Waals surface area (Å²) in [6.45, 7) is 0. The van der Waals surface area contributed by atoms with Gasteiger partial charge in [-0.15, -0.1) is 11.8 Å². The maximum Gasteiger partial charge on any atom is 0.327 e. The van der Waals surface area contributed by atoms with Crippen molar-refractivity contribution >= 4 is 29.4 Å². The second kappa shape index (κ2) is 5.77. The first-order valence-electron chi connectivity index (χ1n) is 6.56. The molecule has 1 fully saturated rings. The lowest BCUT2D eigenvalue weighted by molar-refractivity contribution is -0.152. The second-order valence-corrected chi connectivity index (χ2v) is 5.86. The van der Waals surface area contributed by atoms with Crippen molar-refractivity contribution in [1.82, 2.24) is 4.90 Å². The minimum Gasteiger partial charge on any atom is -0.480 e. The summed E-state index contributed by atoms with van der Waals surface area (Å²) in [6.07, 6.45) is -0.350. The molecule has 1 N–H and O–H groups in total. The summed E-state index contributed by atoms with van der Waals surface area (Å²) in [6, 6.07) is 8.73. The van der Waals surface area contributed by atoms with Gasteiger partial charge in [0.05, 0.1) is 11.6 Å². The zero-order valence-electron chi connectivity index (χ0n) is 11.1. The molecule has 3 rings (SSSR count). The number of nitrogens with zero attached hydrogens (tertiary/aromatic N) is 2. The summed E-state index contributed by atoms with van der Waals surface area (Å²) in [7, 11) is 0. The first-order chi connectivity index (χ1) is 10.2. The molecule has 2 aliphatic heterocycles. The number of carbonyl (C=O) groups excluding carboxylic acids is 1. The molecule has 0 aliphatic carbocycles. The number of carboxylic acid groups (broad SMARTS) is 1. The van der Waals surface area contributed by atoms with Crippen molar-refractivity contribution in [2.45, 2.75) is 18.6 Å². The molecule has 110 valence electrons. The highest BCUT2D eigenvalue weighted by Gasteiger charge is 2.40. The number of aliphatic carboxylic acids is 1. The summed E-state index contributed by atoms with van der Waals surface area (Å²) in [4.78, 5) is 30.1. The molecule has 0 radical (unpaired) electrons. The maximum atomic E-state index is 12.4. The largest absolute Gasteiger partial charge is 0.480 e. The second-order valence-electron chi connectivity index (χ2n) is 4.86. The molecule has 0 bridgehead atoms. The monoisotopic (exact) mass is 306 g/mol. The Hall–Kier alpha value is -2.02. The molecule has 1 saturated heterocycles. The Morgan fingerprint density at radius 1 is 1.33 bits per heavy atom. The lowest BCUT2D eigenvalue weighted by Crippen LogP contribution is -2.46. The molecule has 0 saturated carbocycles. The Balaban J connectivity index is 1.67. The summed E-state index contributed by atoms with van der Waals surface area (Å²) >= 11 is 1.43. The van der Waals surface area contributed by atoms with Crippen LogP contribution in [0.15, 0.2) is 35.5 Å². The van der Waals surface area contributed by atoms with Crippen LogP contribution >= 0.6 is 11.8 Å². The third kappa shape index (κ3) is 2.73. The topological polar surface area (TPSA) is 79.2 Å². The van der Waals surface area contributed by atoms with E-state index in [2.05, 4.69) is 5.16 Å². The van der Waals surface area contributed by atoms with E-state index >= 15 is 0 Å². The minimum absolute atomic E-state index is 0.304. The number of rotatable bonds is 3. The van der Waals surface area contributed by atoms with E-state index in [0.717, 1.165) is 5.56 Å². The van der Waals surface area contributed by atoms with Crippen molar-refractivity contribution in [1.29, 1.82) is 0 Å². The normalized spacial score (nSPS) is 24.6. The van der Waals surface area contributed by atoms with E-state index in [4.69, 9.17) is 9.94 Å². The van der Waals surface area contributed by atoms with Crippen LogP contribution in [0.2, 0.25) is 0 Å². The van der Waals surface area contributed by atoms with Crippen molar-refractivity contribution < 1.29 is 19.5 Å². The van der Waals surface area contributed by atoms with Gasteiger partial charge in [0.25, 0.3) is 5.91 Å². The fraction of sp³-hybridized carbons (Fsp3) is 0.357. The van der Waals surface area contributed by atoms with Gasteiger partial charge in [0.2, 0.25) is 6.10 Å². The first kappa shape index (κ1) is 13.9. The average Bonchev–Trinajstić information content (AvgIpc) is 3.17. The van der Waals surface area contributed by atoms with Crippen LogP contribution in [0, 0.1) is 0 Å². The highest BCUT2D eigenvalue weighted by molar-refractivity contribution is 7.99. The first-order valence-corrected chi connectivity index (χ1v) is 7.71. The third-order valence-electron chi connectivity index (χ3n) is 3.50. The SMILES string of the molecule is O=C(O)[C@@H]1CSCN1C(=O)C1CC(c2ccccc2)=NO1. The van der Waals surface area contributed by atoms with Crippen LogP contribution in [0.5, 0.6) is 0 Å². The summed E-state index contributed by atoms with van der Waals surface area (Å²) in [5.74, 6) is -0.478.